The van der Waals surface area contributed by atoms with Crippen LogP contribution in [0.25, 0.3) is 0 Å². The Hall–Kier alpha value is -1.65. The highest BCUT2D eigenvalue weighted by atomic mass is 35.5. The molecule has 1 aromatic carbocycles. The second-order valence-corrected chi connectivity index (χ2v) is 4.57. The lowest BCUT2D eigenvalue weighted by atomic mass is 10.1. The number of hydrogen-bond acceptors (Lipinski definition) is 3. The van der Waals surface area contributed by atoms with E-state index in [9.17, 15) is 4.39 Å². The molecule has 0 radical (unpaired) electrons. The van der Waals surface area contributed by atoms with Gasteiger partial charge in [0.05, 0.1) is 11.2 Å². The molecule has 0 fully saturated rings. The summed E-state index contributed by atoms with van der Waals surface area (Å²) in [5, 5.41) is 3.55. The van der Waals surface area contributed by atoms with Crippen LogP contribution in [-0.2, 0) is 0 Å². The molecule has 1 atom stereocenters. The van der Waals surface area contributed by atoms with Crippen molar-refractivity contribution in [3.05, 3.63) is 53.1 Å². The highest BCUT2D eigenvalue weighted by Crippen LogP contribution is 2.30. The number of halogens is 2. The van der Waals surface area contributed by atoms with Crippen molar-refractivity contribution in [3.63, 3.8) is 0 Å². The van der Waals surface area contributed by atoms with Crippen molar-refractivity contribution in [2.75, 3.05) is 7.05 Å². The van der Waals surface area contributed by atoms with Gasteiger partial charge in [0.2, 0.25) is 0 Å². The van der Waals surface area contributed by atoms with E-state index in [0.29, 0.717) is 16.5 Å². The minimum absolute atomic E-state index is 0.0298. The molecule has 2 aromatic rings. The fourth-order valence-electron chi connectivity index (χ4n) is 1.68. The Morgan fingerprint density at radius 1 is 1.32 bits per heavy atom. The standard InChI is InChI=1S/C14H14ClFN2O/c1-9(17-2)13-6-11(16)3-4-14(13)19-12-5-10(15)7-18-8-12/h3-9,17H,1-2H3. The van der Waals surface area contributed by atoms with Crippen molar-refractivity contribution < 1.29 is 9.13 Å². The van der Waals surface area contributed by atoms with E-state index in [4.69, 9.17) is 16.3 Å². The van der Waals surface area contributed by atoms with E-state index in [2.05, 4.69) is 10.3 Å². The second-order valence-electron chi connectivity index (χ2n) is 4.13. The number of aromatic nitrogens is 1. The first kappa shape index (κ1) is 13.8. The zero-order valence-corrected chi connectivity index (χ0v) is 11.4. The third-order valence-corrected chi connectivity index (χ3v) is 2.99. The maximum Gasteiger partial charge on any atom is 0.147 e. The van der Waals surface area contributed by atoms with Gasteiger partial charge < -0.3 is 10.1 Å². The molecule has 3 nitrogen and oxygen atoms in total. The van der Waals surface area contributed by atoms with Gasteiger partial charge in [-0.1, -0.05) is 11.6 Å². The molecule has 100 valence electrons. The summed E-state index contributed by atoms with van der Waals surface area (Å²) in [4.78, 5) is 3.95. The summed E-state index contributed by atoms with van der Waals surface area (Å²) in [6.07, 6.45) is 3.08. The SMILES string of the molecule is CNC(C)c1cc(F)ccc1Oc1cncc(Cl)c1. The van der Waals surface area contributed by atoms with Crippen LogP contribution in [0.2, 0.25) is 5.02 Å². The van der Waals surface area contributed by atoms with Gasteiger partial charge in [-0.05, 0) is 32.2 Å². The highest BCUT2D eigenvalue weighted by molar-refractivity contribution is 6.30. The van der Waals surface area contributed by atoms with Crippen molar-refractivity contribution in [2.45, 2.75) is 13.0 Å². The minimum Gasteiger partial charge on any atom is -0.455 e. The van der Waals surface area contributed by atoms with Gasteiger partial charge in [-0.15, -0.1) is 0 Å². The highest BCUT2D eigenvalue weighted by Gasteiger charge is 2.12. The maximum atomic E-state index is 13.3. The summed E-state index contributed by atoms with van der Waals surface area (Å²) >= 11 is 5.85. The van der Waals surface area contributed by atoms with E-state index in [0.717, 1.165) is 5.56 Å². The van der Waals surface area contributed by atoms with E-state index in [-0.39, 0.29) is 11.9 Å². The quantitative estimate of drug-likeness (QED) is 0.921. The van der Waals surface area contributed by atoms with Gasteiger partial charge >= 0.3 is 0 Å². The van der Waals surface area contributed by atoms with Crippen molar-refractivity contribution >= 4 is 11.6 Å². The molecule has 0 aliphatic rings. The molecular weight excluding hydrogens is 267 g/mol. The topological polar surface area (TPSA) is 34.1 Å². The van der Waals surface area contributed by atoms with Crippen molar-refractivity contribution in [1.29, 1.82) is 0 Å². The minimum atomic E-state index is -0.298. The Balaban J connectivity index is 2.34. The van der Waals surface area contributed by atoms with Crippen LogP contribution in [0, 0.1) is 5.82 Å². The predicted octanol–water partition coefficient (Wildman–Crippen LogP) is 3.95. The van der Waals surface area contributed by atoms with E-state index >= 15 is 0 Å². The average Bonchev–Trinajstić information content (AvgIpc) is 2.40. The van der Waals surface area contributed by atoms with Crippen LogP contribution >= 0.6 is 11.6 Å². The molecule has 0 amide bonds. The summed E-state index contributed by atoms with van der Waals surface area (Å²) in [5.74, 6) is 0.796. The molecule has 2 rings (SSSR count). The lowest BCUT2D eigenvalue weighted by Gasteiger charge is -2.16. The van der Waals surface area contributed by atoms with Crippen LogP contribution in [0.15, 0.2) is 36.7 Å². The van der Waals surface area contributed by atoms with Gasteiger partial charge in [-0.3, -0.25) is 4.98 Å². The lowest BCUT2D eigenvalue weighted by Crippen LogP contribution is -2.13. The number of rotatable bonds is 4. The molecule has 1 heterocycles. The van der Waals surface area contributed by atoms with E-state index in [1.54, 1.807) is 25.4 Å². The van der Waals surface area contributed by atoms with Gasteiger partial charge in [0.25, 0.3) is 0 Å². The van der Waals surface area contributed by atoms with Crippen molar-refractivity contribution in [1.82, 2.24) is 10.3 Å². The summed E-state index contributed by atoms with van der Waals surface area (Å²) in [6.45, 7) is 1.93. The van der Waals surface area contributed by atoms with E-state index in [1.165, 1.54) is 18.3 Å². The third kappa shape index (κ3) is 3.43. The lowest BCUT2D eigenvalue weighted by molar-refractivity contribution is 0.461. The Kier molecular flexibility index (Phi) is 4.35. The normalized spacial score (nSPS) is 12.2. The molecule has 1 N–H and O–H groups in total. The van der Waals surface area contributed by atoms with Crippen LogP contribution in [0.5, 0.6) is 11.5 Å². The number of hydrogen-bond donors (Lipinski definition) is 1. The number of nitrogens with one attached hydrogen (secondary N) is 1. The average molecular weight is 281 g/mol. The maximum absolute atomic E-state index is 13.3. The number of benzene rings is 1. The van der Waals surface area contributed by atoms with Crippen molar-refractivity contribution in [3.8, 4) is 11.5 Å². The fourth-order valence-corrected chi connectivity index (χ4v) is 1.85. The molecule has 5 heteroatoms. The molecule has 0 aliphatic heterocycles. The van der Waals surface area contributed by atoms with Gasteiger partial charge in [-0.25, -0.2) is 4.39 Å². The molecule has 0 bridgehead atoms. The zero-order chi connectivity index (χ0) is 13.8. The number of ether oxygens (including phenoxy) is 1. The molecule has 0 saturated heterocycles. The Bertz CT molecular complexity index is 577. The monoisotopic (exact) mass is 280 g/mol. The molecular formula is C14H14ClFN2O. The van der Waals surface area contributed by atoms with Crippen LogP contribution in [0.3, 0.4) is 0 Å². The smallest absolute Gasteiger partial charge is 0.147 e. The van der Waals surface area contributed by atoms with Crippen molar-refractivity contribution in [2.24, 2.45) is 0 Å². The Morgan fingerprint density at radius 2 is 2.11 bits per heavy atom. The molecule has 0 spiro atoms. The molecule has 1 unspecified atom stereocenters. The molecule has 0 saturated carbocycles. The largest absolute Gasteiger partial charge is 0.455 e. The van der Waals surface area contributed by atoms with Gasteiger partial charge in [0, 0.05) is 23.9 Å². The fraction of sp³-hybridized carbons (Fsp3) is 0.214. The van der Waals surface area contributed by atoms with Gasteiger partial charge in [0.1, 0.15) is 17.3 Å². The first-order valence-electron chi connectivity index (χ1n) is 5.85. The Morgan fingerprint density at radius 3 is 2.79 bits per heavy atom. The third-order valence-electron chi connectivity index (χ3n) is 2.78. The number of pyridine rings is 1. The Labute approximate surface area is 116 Å². The summed E-state index contributed by atoms with van der Waals surface area (Å²) in [7, 11) is 1.81. The summed E-state index contributed by atoms with van der Waals surface area (Å²) < 4.78 is 19.0. The number of nitrogens with zero attached hydrogens (tertiary/aromatic N) is 1. The van der Waals surface area contributed by atoms with Gasteiger partial charge in [-0.2, -0.15) is 0 Å². The van der Waals surface area contributed by atoms with Crippen LogP contribution in [0.4, 0.5) is 4.39 Å². The molecule has 1 aromatic heterocycles. The van der Waals surface area contributed by atoms with Gasteiger partial charge in [0.15, 0.2) is 0 Å². The summed E-state index contributed by atoms with van der Waals surface area (Å²) in [5.41, 5.74) is 0.738. The second kappa shape index (κ2) is 5.99. The van der Waals surface area contributed by atoms with Crippen LogP contribution < -0.4 is 10.1 Å². The summed E-state index contributed by atoms with van der Waals surface area (Å²) in [6, 6.07) is 6.04. The predicted molar refractivity (Wildman–Crippen MR) is 73.2 cm³/mol. The molecule has 19 heavy (non-hydrogen) atoms. The zero-order valence-electron chi connectivity index (χ0n) is 10.7. The first-order valence-corrected chi connectivity index (χ1v) is 6.23. The van der Waals surface area contributed by atoms with E-state index < -0.39 is 0 Å². The first-order chi connectivity index (χ1) is 9.10. The van der Waals surface area contributed by atoms with E-state index in [1.807, 2.05) is 6.92 Å². The molecule has 0 aliphatic carbocycles. The van der Waals surface area contributed by atoms with Crippen LogP contribution in [0.1, 0.15) is 18.5 Å². The van der Waals surface area contributed by atoms with Crippen LogP contribution in [-0.4, -0.2) is 12.0 Å².